The highest BCUT2D eigenvalue weighted by atomic mass is 35.5. The van der Waals surface area contributed by atoms with Crippen molar-refractivity contribution in [3.63, 3.8) is 0 Å². The molecule has 2 aromatic carbocycles. The van der Waals surface area contributed by atoms with Crippen LogP contribution >= 0.6 is 12.4 Å². The van der Waals surface area contributed by atoms with Crippen LogP contribution in [0.15, 0.2) is 48.0 Å². The Morgan fingerprint density at radius 1 is 1.04 bits per heavy atom. The molecule has 1 aliphatic rings. The second-order valence-electron chi connectivity index (χ2n) is 6.01. The number of nitrogens with zero attached hydrogens (tertiary/aromatic N) is 1. The van der Waals surface area contributed by atoms with Crippen LogP contribution in [-0.2, 0) is 0 Å². The molecule has 0 aliphatic carbocycles. The first-order chi connectivity index (χ1) is 11.0. The number of hydrogen-bond donors (Lipinski definition) is 1. The SMILES string of the molecule is C/C(CN(C)C)=C(\c1cccc(O)c1)c1ccc2c(c1)OCO2.Cl. The van der Waals surface area contributed by atoms with Crippen LogP contribution in [0.2, 0.25) is 0 Å². The molecule has 0 unspecified atom stereocenters. The summed E-state index contributed by atoms with van der Waals surface area (Å²) in [6.45, 7) is 3.21. The van der Waals surface area contributed by atoms with Crippen LogP contribution in [0, 0.1) is 0 Å². The van der Waals surface area contributed by atoms with Gasteiger partial charge in [-0.1, -0.05) is 23.8 Å². The lowest BCUT2D eigenvalue weighted by Gasteiger charge is -2.17. The molecule has 0 saturated heterocycles. The lowest BCUT2D eigenvalue weighted by Crippen LogP contribution is -2.15. The molecule has 0 fully saturated rings. The molecule has 3 rings (SSSR count). The molecule has 0 saturated carbocycles. The van der Waals surface area contributed by atoms with Crippen molar-refractivity contribution in [1.29, 1.82) is 0 Å². The molecule has 1 aliphatic heterocycles. The van der Waals surface area contributed by atoms with Crippen molar-refractivity contribution in [2.45, 2.75) is 6.92 Å². The van der Waals surface area contributed by atoms with E-state index in [2.05, 4.69) is 11.8 Å². The average Bonchev–Trinajstić information content (AvgIpc) is 2.94. The number of aromatic hydroxyl groups is 1. The monoisotopic (exact) mass is 347 g/mol. The summed E-state index contributed by atoms with van der Waals surface area (Å²) < 4.78 is 10.9. The van der Waals surface area contributed by atoms with Crippen LogP contribution in [-0.4, -0.2) is 37.4 Å². The molecule has 4 nitrogen and oxygen atoms in total. The Morgan fingerprint density at radius 2 is 1.75 bits per heavy atom. The number of fused-ring (bicyclic) bond motifs is 1. The van der Waals surface area contributed by atoms with E-state index in [0.29, 0.717) is 0 Å². The van der Waals surface area contributed by atoms with E-state index < -0.39 is 0 Å². The maximum Gasteiger partial charge on any atom is 0.231 e. The zero-order valence-electron chi connectivity index (χ0n) is 14.1. The largest absolute Gasteiger partial charge is 0.508 e. The molecule has 0 bridgehead atoms. The van der Waals surface area contributed by atoms with Gasteiger partial charge in [0.15, 0.2) is 11.5 Å². The van der Waals surface area contributed by atoms with Gasteiger partial charge in [0.1, 0.15) is 5.75 Å². The van der Waals surface area contributed by atoms with Crippen molar-refractivity contribution in [2.75, 3.05) is 27.4 Å². The molecular formula is C19H22ClNO3. The fraction of sp³-hybridized carbons (Fsp3) is 0.263. The Bertz CT molecular complexity index is 756. The number of rotatable bonds is 4. The highest BCUT2D eigenvalue weighted by Crippen LogP contribution is 2.37. The third kappa shape index (κ3) is 3.83. The van der Waals surface area contributed by atoms with E-state index in [1.165, 1.54) is 5.57 Å². The molecule has 24 heavy (non-hydrogen) atoms. The topological polar surface area (TPSA) is 41.9 Å². The first-order valence-corrected chi connectivity index (χ1v) is 7.58. The highest BCUT2D eigenvalue weighted by Gasteiger charge is 2.17. The average molecular weight is 348 g/mol. The second-order valence-corrected chi connectivity index (χ2v) is 6.01. The van der Waals surface area contributed by atoms with Crippen LogP contribution in [0.5, 0.6) is 17.2 Å². The standard InChI is InChI=1S/C19H21NO3.ClH/c1-13(11-20(2)3)19(14-5-4-6-16(21)9-14)15-7-8-17-18(10-15)23-12-22-17;/h4-10,21H,11-12H2,1-3H3;1H/b19-13-;. The van der Waals surface area contributed by atoms with Crippen LogP contribution in [0.3, 0.4) is 0 Å². The first kappa shape index (κ1) is 18.2. The van der Waals surface area contributed by atoms with Gasteiger partial charge in [0.05, 0.1) is 0 Å². The van der Waals surface area contributed by atoms with Gasteiger partial charge in [0.2, 0.25) is 6.79 Å². The van der Waals surface area contributed by atoms with Gasteiger partial charge < -0.3 is 19.5 Å². The minimum Gasteiger partial charge on any atom is -0.508 e. The summed E-state index contributed by atoms with van der Waals surface area (Å²) in [4.78, 5) is 2.13. The third-order valence-corrected chi connectivity index (χ3v) is 3.78. The lowest BCUT2D eigenvalue weighted by atomic mass is 9.93. The number of halogens is 1. The number of benzene rings is 2. The third-order valence-electron chi connectivity index (χ3n) is 3.78. The summed E-state index contributed by atoms with van der Waals surface area (Å²) in [6, 6.07) is 13.3. The number of phenols is 1. The van der Waals surface area contributed by atoms with Gasteiger partial charge in [-0.3, -0.25) is 0 Å². The number of phenolic OH excluding ortho intramolecular Hbond substituents is 1. The fourth-order valence-corrected chi connectivity index (χ4v) is 2.93. The van der Waals surface area contributed by atoms with E-state index in [-0.39, 0.29) is 24.9 Å². The van der Waals surface area contributed by atoms with Gasteiger partial charge in [-0.05, 0) is 62.0 Å². The Morgan fingerprint density at radius 3 is 2.46 bits per heavy atom. The van der Waals surface area contributed by atoms with Crippen LogP contribution in [0.1, 0.15) is 18.1 Å². The molecule has 0 radical (unpaired) electrons. The van der Waals surface area contributed by atoms with Crippen molar-refractivity contribution < 1.29 is 14.6 Å². The Balaban J connectivity index is 0.00000208. The summed E-state index contributed by atoms with van der Waals surface area (Å²) >= 11 is 0. The zero-order valence-corrected chi connectivity index (χ0v) is 14.9. The fourth-order valence-electron chi connectivity index (χ4n) is 2.93. The maximum atomic E-state index is 9.85. The van der Waals surface area contributed by atoms with Gasteiger partial charge >= 0.3 is 0 Å². The lowest BCUT2D eigenvalue weighted by molar-refractivity contribution is 0.174. The quantitative estimate of drug-likeness (QED) is 0.910. The zero-order chi connectivity index (χ0) is 16.4. The molecule has 0 amide bonds. The van der Waals surface area contributed by atoms with E-state index in [4.69, 9.17) is 9.47 Å². The predicted molar refractivity (Wildman–Crippen MR) is 98.2 cm³/mol. The van der Waals surface area contributed by atoms with E-state index in [1.54, 1.807) is 12.1 Å². The minimum absolute atomic E-state index is 0. The van der Waals surface area contributed by atoms with E-state index in [9.17, 15) is 5.11 Å². The summed E-state index contributed by atoms with van der Waals surface area (Å²) in [6.07, 6.45) is 0. The maximum absolute atomic E-state index is 9.85. The molecular weight excluding hydrogens is 326 g/mol. The molecule has 5 heteroatoms. The van der Waals surface area contributed by atoms with E-state index in [1.807, 2.05) is 44.4 Å². The van der Waals surface area contributed by atoms with Crippen molar-refractivity contribution >= 4 is 18.0 Å². The molecule has 128 valence electrons. The van der Waals surface area contributed by atoms with Crippen molar-refractivity contribution in [3.05, 3.63) is 59.2 Å². The van der Waals surface area contributed by atoms with Crippen LogP contribution < -0.4 is 9.47 Å². The van der Waals surface area contributed by atoms with Crippen molar-refractivity contribution in [3.8, 4) is 17.2 Å². The summed E-state index contributed by atoms with van der Waals surface area (Å²) in [7, 11) is 4.09. The molecule has 1 N–H and O–H groups in total. The first-order valence-electron chi connectivity index (χ1n) is 7.58. The predicted octanol–water partition coefficient (Wildman–Crippen LogP) is 3.93. The van der Waals surface area contributed by atoms with Gasteiger partial charge in [0.25, 0.3) is 0 Å². The van der Waals surface area contributed by atoms with E-state index in [0.717, 1.165) is 34.7 Å². The van der Waals surface area contributed by atoms with Crippen molar-refractivity contribution in [1.82, 2.24) is 4.90 Å². The van der Waals surface area contributed by atoms with Gasteiger partial charge in [-0.2, -0.15) is 0 Å². The van der Waals surface area contributed by atoms with E-state index >= 15 is 0 Å². The smallest absolute Gasteiger partial charge is 0.231 e. The summed E-state index contributed by atoms with van der Waals surface area (Å²) in [5.41, 5.74) is 4.37. The van der Waals surface area contributed by atoms with Gasteiger partial charge in [-0.25, -0.2) is 0 Å². The Labute approximate surface area is 148 Å². The summed E-state index contributed by atoms with van der Waals surface area (Å²) in [5, 5.41) is 9.85. The van der Waals surface area contributed by atoms with Crippen LogP contribution in [0.4, 0.5) is 0 Å². The van der Waals surface area contributed by atoms with Gasteiger partial charge in [-0.15, -0.1) is 12.4 Å². The van der Waals surface area contributed by atoms with Gasteiger partial charge in [0, 0.05) is 6.54 Å². The molecule has 1 heterocycles. The molecule has 0 spiro atoms. The Kier molecular flexibility index (Phi) is 5.75. The van der Waals surface area contributed by atoms with Crippen molar-refractivity contribution in [2.24, 2.45) is 0 Å². The minimum atomic E-state index is 0. The summed E-state index contributed by atoms with van der Waals surface area (Å²) in [5.74, 6) is 1.80. The Hall–Kier alpha value is -2.17. The number of hydrogen-bond acceptors (Lipinski definition) is 4. The molecule has 0 atom stereocenters. The normalized spacial score (nSPS) is 13.5. The number of likely N-dealkylation sites (N-methyl/N-ethyl adjacent to an activating group) is 1. The highest BCUT2D eigenvalue weighted by molar-refractivity contribution is 5.85. The van der Waals surface area contributed by atoms with Crippen LogP contribution in [0.25, 0.3) is 5.57 Å². The number of ether oxygens (including phenoxy) is 2. The second kappa shape index (κ2) is 7.60. The molecule has 0 aromatic heterocycles. The molecule has 2 aromatic rings.